The number of rotatable bonds is 8. The van der Waals surface area contributed by atoms with Gasteiger partial charge in [0.1, 0.15) is 5.82 Å². The number of nitrogens with zero attached hydrogens (tertiary/aromatic N) is 1. The first kappa shape index (κ1) is 17.0. The van der Waals surface area contributed by atoms with Crippen LogP contribution in [0.15, 0.2) is 24.4 Å². The second-order valence-electron chi connectivity index (χ2n) is 3.99. The Hall–Kier alpha value is -1.06. The van der Waals surface area contributed by atoms with E-state index in [1.807, 2.05) is 18.2 Å². The highest BCUT2D eigenvalue weighted by Gasteiger charge is 2.36. The third-order valence-electron chi connectivity index (χ3n) is 2.78. The van der Waals surface area contributed by atoms with Crippen LogP contribution in [-0.2, 0) is 13.3 Å². The zero-order valence-corrected chi connectivity index (χ0v) is 13.8. The summed E-state index contributed by atoms with van der Waals surface area (Å²) >= 11 is 5.18. The van der Waals surface area contributed by atoms with Gasteiger partial charge in [0.05, 0.1) is 0 Å². The summed E-state index contributed by atoms with van der Waals surface area (Å²) in [6, 6.07) is 6.34. The highest BCUT2D eigenvalue weighted by molar-refractivity contribution is 7.80. The van der Waals surface area contributed by atoms with E-state index < -0.39 is 8.80 Å². The van der Waals surface area contributed by atoms with Crippen molar-refractivity contribution in [3.63, 3.8) is 0 Å². The summed E-state index contributed by atoms with van der Waals surface area (Å²) in [6.07, 6.45) is 2.55. The fourth-order valence-electron chi connectivity index (χ4n) is 1.66. The maximum absolute atomic E-state index is 5.35. The van der Waals surface area contributed by atoms with E-state index in [0.717, 1.165) is 18.3 Å². The largest absolute Gasteiger partial charge is 0.500 e. The van der Waals surface area contributed by atoms with Crippen molar-refractivity contribution in [3.8, 4) is 0 Å². The molecule has 0 radical (unpaired) electrons. The molecule has 0 unspecified atom stereocenters. The molecular weight excluding hydrogens is 294 g/mol. The quantitative estimate of drug-likeness (QED) is 0.429. The minimum absolute atomic E-state index is 0.545. The molecule has 0 aliphatic rings. The second-order valence-corrected chi connectivity index (χ2v) is 7.49. The highest BCUT2D eigenvalue weighted by atomic mass is 32.1. The first-order chi connectivity index (χ1) is 9.65. The molecule has 112 valence electrons. The van der Waals surface area contributed by atoms with E-state index >= 15 is 0 Å². The van der Waals surface area contributed by atoms with E-state index in [-0.39, 0.29) is 0 Å². The molecule has 0 aliphatic carbocycles. The molecule has 20 heavy (non-hydrogen) atoms. The Morgan fingerprint density at radius 3 is 2.50 bits per heavy atom. The Morgan fingerprint density at radius 2 is 1.95 bits per heavy atom. The molecule has 6 nitrogen and oxygen atoms in total. The van der Waals surface area contributed by atoms with Crippen LogP contribution in [0.3, 0.4) is 0 Å². The predicted octanol–water partition coefficient (Wildman–Crippen LogP) is 1.64. The molecule has 1 rings (SSSR count). The average Bonchev–Trinajstić information content (AvgIpc) is 2.49. The van der Waals surface area contributed by atoms with E-state index in [2.05, 4.69) is 15.6 Å². The van der Waals surface area contributed by atoms with Gasteiger partial charge >= 0.3 is 8.80 Å². The number of thiocarbonyl (C=S) groups is 1. The zero-order chi connectivity index (χ0) is 14.8. The van der Waals surface area contributed by atoms with Crippen LogP contribution in [0.2, 0.25) is 6.04 Å². The van der Waals surface area contributed by atoms with Crippen molar-refractivity contribution in [2.24, 2.45) is 0 Å². The van der Waals surface area contributed by atoms with Crippen LogP contribution in [0.5, 0.6) is 0 Å². The van der Waals surface area contributed by atoms with E-state index in [1.165, 1.54) is 0 Å². The molecule has 1 aromatic heterocycles. The molecule has 0 spiro atoms. The molecule has 0 saturated heterocycles. The van der Waals surface area contributed by atoms with Crippen LogP contribution >= 0.6 is 12.2 Å². The van der Waals surface area contributed by atoms with E-state index in [9.17, 15) is 0 Å². The van der Waals surface area contributed by atoms with Gasteiger partial charge in [0.15, 0.2) is 5.11 Å². The third kappa shape index (κ3) is 5.51. The lowest BCUT2D eigenvalue weighted by Crippen LogP contribution is -2.43. The molecule has 0 bridgehead atoms. The third-order valence-corrected chi connectivity index (χ3v) is 5.86. The van der Waals surface area contributed by atoms with Crippen molar-refractivity contribution in [1.29, 1.82) is 0 Å². The van der Waals surface area contributed by atoms with Gasteiger partial charge in [-0.1, -0.05) is 6.07 Å². The number of nitrogens with one attached hydrogen (secondary N) is 2. The summed E-state index contributed by atoms with van der Waals surface area (Å²) < 4.78 is 16.0. The van der Waals surface area contributed by atoms with Crippen molar-refractivity contribution < 1.29 is 13.3 Å². The average molecular weight is 315 g/mol. The summed E-state index contributed by atoms with van der Waals surface area (Å²) in [7, 11) is 2.35. The van der Waals surface area contributed by atoms with Crippen LogP contribution in [0.1, 0.15) is 6.42 Å². The monoisotopic (exact) mass is 315 g/mol. The SMILES string of the molecule is CO[Si](CCCNC(=S)Nc1ccccn1)(OC)OC. The van der Waals surface area contributed by atoms with E-state index in [4.69, 9.17) is 25.5 Å². The minimum atomic E-state index is -2.48. The second kappa shape index (κ2) is 8.98. The van der Waals surface area contributed by atoms with Crippen molar-refractivity contribution >= 4 is 32.0 Å². The molecule has 2 N–H and O–H groups in total. The van der Waals surface area contributed by atoms with Gasteiger partial charge in [-0.25, -0.2) is 4.98 Å². The molecular formula is C12H21N3O3SSi. The lowest BCUT2D eigenvalue weighted by atomic mass is 10.4. The number of pyridine rings is 1. The Bertz CT molecular complexity index is 396. The molecule has 1 aromatic rings. The molecule has 0 saturated carbocycles. The zero-order valence-electron chi connectivity index (χ0n) is 12.0. The van der Waals surface area contributed by atoms with Crippen molar-refractivity contribution in [1.82, 2.24) is 10.3 Å². The minimum Gasteiger partial charge on any atom is -0.377 e. The Morgan fingerprint density at radius 1 is 1.25 bits per heavy atom. The molecule has 0 aromatic carbocycles. The summed E-state index contributed by atoms with van der Waals surface area (Å²) in [5, 5.41) is 6.66. The molecule has 0 atom stereocenters. The Kier molecular flexibility index (Phi) is 7.63. The van der Waals surface area contributed by atoms with Crippen molar-refractivity contribution in [3.05, 3.63) is 24.4 Å². The van der Waals surface area contributed by atoms with Crippen LogP contribution in [0, 0.1) is 0 Å². The van der Waals surface area contributed by atoms with E-state index in [0.29, 0.717) is 11.7 Å². The first-order valence-electron chi connectivity index (χ1n) is 6.27. The van der Waals surface area contributed by atoms with Gasteiger partial charge in [0, 0.05) is 40.1 Å². The van der Waals surface area contributed by atoms with Crippen molar-refractivity contribution in [2.75, 3.05) is 33.2 Å². The summed E-state index contributed by atoms with van der Waals surface area (Å²) in [5.74, 6) is 0.722. The fourth-order valence-corrected chi connectivity index (χ4v) is 3.59. The molecule has 1 heterocycles. The van der Waals surface area contributed by atoms with Gasteiger partial charge in [-0.05, 0) is 30.8 Å². The Labute approximate surface area is 126 Å². The number of hydrogen-bond donors (Lipinski definition) is 2. The number of hydrogen-bond acceptors (Lipinski definition) is 5. The van der Waals surface area contributed by atoms with Crippen LogP contribution in [0.25, 0.3) is 0 Å². The lowest BCUT2D eigenvalue weighted by Gasteiger charge is -2.24. The number of anilines is 1. The van der Waals surface area contributed by atoms with Crippen LogP contribution in [-0.4, -0.2) is 46.8 Å². The van der Waals surface area contributed by atoms with Gasteiger partial charge in [-0.15, -0.1) is 0 Å². The van der Waals surface area contributed by atoms with Crippen LogP contribution < -0.4 is 10.6 Å². The van der Waals surface area contributed by atoms with Crippen molar-refractivity contribution in [2.45, 2.75) is 12.5 Å². The summed E-state index contributed by atoms with van der Waals surface area (Å²) in [4.78, 5) is 4.13. The molecule has 0 aliphatic heterocycles. The molecule has 0 fully saturated rings. The van der Waals surface area contributed by atoms with Gasteiger partial charge in [0.25, 0.3) is 0 Å². The lowest BCUT2D eigenvalue weighted by molar-refractivity contribution is 0.123. The topological polar surface area (TPSA) is 64.6 Å². The van der Waals surface area contributed by atoms with Gasteiger partial charge in [-0.2, -0.15) is 0 Å². The molecule has 8 heteroatoms. The normalized spacial score (nSPS) is 11.2. The fraction of sp³-hybridized carbons (Fsp3) is 0.500. The number of aromatic nitrogens is 1. The highest BCUT2D eigenvalue weighted by Crippen LogP contribution is 2.14. The Balaban J connectivity index is 2.25. The summed E-state index contributed by atoms with van der Waals surface area (Å²) in [6.45, 7) is 0.712. The maximum atomic E-state index is 5.35. The predicted molar refractivity (Wildman–Crippen MR) is 84.7 cm³/mol. The summed E-state index contributed by atoms with van der Waals surface area (Å²) in [5.41, 5.74) is 0. The van der Waals surface area contributed by atoms with Crippen LogP contribution in [0.4, 0.5) is 5.82 Å². The van der Waals surface area contributed by atoms with Gasteiger partial charge in [-0.3, -0.25) is 0 Å². The van der Waals surface area contributed by atoms with Gasteiger partial charge in [0.2, 0.25) is 0 Å². The standard InChI is InChI=1S/C12H21N3O3SSi/c1-16-20(17-2,18-3)10-6-9-14-12(19)15-11-7-4-5-8-13-11/h4-5,7-8H,6,9-10H2,1-3H3,(H2,13,14,15,19). The maximum Gasteiger partial charge on any atom is 0.500 e. The van der Waals surface area contributed by atoms with E-state index in [1.54, 1.807) is 27.5 Å². The van der Waals surface area contributed by atoms with Gasteiger partial charge < -0.3 is 23.9 Å². The smallest absolute Gasteiger partial charge is 0.377 e. The molecule has 0 amide bonds. The first-order valence-corrected chi connectivity index (χ1v) is 8.61.